The summed E-state index contributed by atoms with van der Waals surface area (Å²) in [5.41, 5.74) is 1.03. The lowest BCUT2D eigenvalue weighted by Crippen LogP contribution is -2.55. The number of amides is 2. The van der Waals surface area contributed by atoms with Gasteiger partial charge in [0.05, 0.1) is 0 Å². The fourth-order valence-corrected chi connectivity index (χ4v) is 4.87. The van der Waals surface area contributed by atoms with Gasteiger partial charge in [0.2, 0.25) is 0 Å². The third-order valence-electron chi connectivity index (χ3n) is 6.15. The number of rotatable bonds is 4. The molecule has 3 aliphatic rings. The highest BCUT2D eigenvalue weighted by atomic mass is 16.2. The van der Waals surface area contributed by atoms with Crippen LogP contribution in [0.15, 0.2) is 24.4 Å². The maximum Gasteiger partial charge on any atom is 0.317 e. The number of aromatic nitrogens is 1. The van der Waals surface area contributed by atoms with E-state index in [-0.39, 0.29) is 6.03 Å². The van der Waals surface area contributed by atoms with Crippen molar-refractivity contribution >= 4 is 6.03 Å². The van der Waals surface area contributed by atoms with Gasteiger partial charge in [0.15, 0.2) is 0 Å². The van der Waals surface area contributed by atoms with Gasteiger partial charge in [-0.25, -0.2) is 4.79 Å². The monoisotopic (exact) mass is 328 g/mol. The first-order valence-corrected chi connectivity index (χ1v) is 9.46. The average Bonchev–Trinajstić information content (AvgIpc) is 3.26. The summed E-state index contributed by atoms with van der Waals surface area (Å²) in [7, 11) is 0. The number of hydrogen-bond donors (Lipinski definition) is 1. The van der Waals surface area contributed by atoms with Gasteiger partial charge in [0, 0.05) is 57.1 Å². The van der Waals surface area contributed by atoms with Crippen LogP contribution in [0, 0.1) is 11.8 Å². The third kappa shape index (κ3) is 3.41. The van der Waals surface area contributed by atoms with E-state index in [1.807, 2.05) is 23.1 Å². The molecule has 0 unspecified atom stereocenters. The average molecular weight is 328 g/mol. The highest BCUT2D eigenvalue weighted by molar-refractivity contribution is 5.74. The van der Waals surface area contributed by atoms with Crippen LogP contribution in [0.2, 0.25) is 0 Å². The Bertz CT molecular complexity index is 556. The largest absolute Gasteiger partial charge is 0.338 e. The number of urea groups is 1. The zero-order valence-electron chi connectivity index (χ0n) is 14.4. The summed E-state index contributed by atoms with van der Waals surface area (Å²) in [6, 6.07) is 6.79. The minimum atomic E-state index is 0.0820. The fraction of sp³-hybridized carbons (Fsp3) is 0.684. The molecule has 1 aromatic heterocycles. The van der Waals surface area contributed by atoms with Gasteiger partial charge >= 0.3 is 6.03 Å². The molecule has 2 saturated carbocycles. The molecule has 2 heterocycles. The topological polar surface area (TPSA) is 48.5 Å². The molecule has 0 radical (unpaired) electrons. The first-order valence-electron chi connectivity index (χ1n) is 9.46. The number of fused-ring (bicyclic) bond motifs is 2. The number of pyridine rings is 1. The predicted molar refractivity (Wildman–Crippen MR) is 93.7 cm³/mol. The highest BCUT2D eigenvalue weighted by Gasteiger charge is 2.42. The number of piperazine rings is 1. The van der Waals surface area contributed by atoms with Crippen LogP contribution in [0.3, 0.4) is 0 Å². The Morgan fingerprint density at radius 2 is 2.04 bits per heavy atom. The lowest BCUT2D eigenvalue weighted by molar-refractivity contribution is 0.0828. The van der Waals surface area contributed by atoms with Crippen molar-refractivity contribution in [1.82, 2.24) is 20.1 Å². The van der Waals surface area contributed by atoms with Crippen molar-refractivity contribution < 1.29 is 4.79 Å². The van der Waals surface area contributed by atoms with Crippen LogP contribution >= 0.6 is 0 Å². The van der Waals surface area contributed by atoms with Gasteiger partial charge in [-0.15, -0.1) is 0 Å². The van der Waals surface area contributed by atoms with Gasteiger partial charge in [-0.05, 0) is 43.2 Å². The Morgan fingerprint density at radius 1 is 1.17 bits per heavy atom. The Labute approximate surface area is 144 Å². The van der Waals surface area contributed by atoms with Crippen LogP contribution in [-0.4, -0.2) is 59.6 Å². The lowest BCUT2D eigenvalue weighted by atomic mass is 9.93. The highest BCUT2D eigenvalue weighted by Crippen LogP contribution is 2.46. The molecular formula is C19H28N4O. The van der Waals surface area contributed by atoms with Crippen molar-refractivity contribution in [3.05, 3.63) is 30.1 Å². The number of nitrogens with zero attached hydrogens (tertiary/aromatic N) is 3. The first kappa shape index (κ1) is 15.9. The van der Waals surface area contributed by atoms with Gasteiger partial charge in [-0.3, -0.25) is 9.88 Å². The fourth-order valence-electron chi connectivity index (χ4n) is 4.87. The Balaban J connectivity index is 1.19. The van der Waals surface area contributed by atoms with Crippen LogP contribution in [0.25, 0.3) is 0 Å². The molecule has 1 aliphatic heterocycles. The molecule has 0 aromatic carbocycles. The molecule has 1 N–H and O–H groups in total. The molecule has 4 rings (SSSR count). The zero-order valence-corrected chi connectivity index (χ0v) is 14.4. The van der Waals surface area contributed by atoms with Crippen molar-refractivity contribution in [3.8, 4) is 0 Å². The summed E-state index contributed by atoms with van der Waals surface area (Å²) >= 11 is 0. The number of carbonyl (C=O) groups excluding carboxylic acids is 1. The number of hydrogen-bond acceptors (Lipinski definition) is 3. The lowest BCUT2D eigenvalue weighted by Gasteiger charge is -2.40. The van der Waals surface area contributed by atoms with E-state index in [2.05, 4.69) is 15.2 Å². The summed E-state index contributed by atoms with van der Waals surface area (Å²) in [5, 5.41) is 3.04. The minimum absolute atomic E-state index is 0.0820. The van der Waals surface area contributed by atoms with E-state index in [0.717, 1.165) is 56.2 Å². The van der Waals surface area contributed by atoms with Gasteiger partial charge in [-0.2, -0.15) is 0 Å². The second-order valence-corrected chi connectivity index (χ2v) is 7.57. The molecule has 3 fully saturated rings. The second kappa shape index (κ2) is 7.09. The Kier molecular flexibility index (Phi) is 4.69. The summed E-state index contributed by atoms with van der Waals surface area (Å²) in [4.78, 5) is 21.2. The van der Waals surface area contributed by atoms with E-state index >= 15 is 0 Å². The summed E-state index contributed by atoms with van der Waals surface area (Å²) in [5.74, 6) is 1.93. The van der Waals surface area contributed by atoms with Gasteiger partial charge in [0.25, 0.3) is 0 Å². The minimum Gasteiger partial charge on any atom is -0.338 e. The molecule has 5 heteroatoms. The van der Waals surface area contributed by atoms with Crippen molar-refractivity contribution in [1.29, 1.82) is 0 Å². The molecule has 1 saturated heterocycles. The standard InChI is InChI=1S/C19H28N4O/c24-19(21-8-6-17-3-1-2-7-20-17)23-11-9-22(10-12-23)18-14-15-4-5-16(18)13-15/h1-3,7,15-16,18H,4-6,8-14H2,(H,21,24)/t15-,16+,18+/m0/s1. The number of carbonyl (C=O) groups is 1. The summed E-state index contributed by atoms with van der Waals surface area (Å²) in [6.07, 6.45) is 8.34. The predicted octanol–water partition coefficient (Wildman–Crippen LogP) is 2.14. The van der Waals surface area contributed by atoms with Gasteiger partial charge in [0.1, 0.15) is 0 Å². The van der Waals surface area contributed by atoms with Crippen molar-refractivity contribution in [2.24, 2.45) is 11.8 Å². The molecule has 0 spiro atoms. The van der Waals surface area contributed by atoms with E-state index in [9.17, 15) is 4.79 Å². The van der Waals surface area contributed by atoms with Crippen LogP contribution in [0.1, 0.15) is 31.4 Å². The molecule has 3 atom stereocenters. The molecule has 1 aromatic rings. The van der Waals surface area contributed by atoms with Crippen molar-refractivity contribution in [2.75, 3.05) is 32.7 Å². The molecular weight excluding hydrogens is 300 g/mol. The zero-order chi connectivity index (χ0) is 16.4. The van der Waals surface area contributed by atoms with Crippen molar-refractivity contribution in [3.63, 3.8) is 0 Å². The molecule has 2 bridgehead atoms. The van der Waals surface area contributed by atoms with Gasteiger partial charge < -0.3 is 10.2 Å². The molecule has 130 valence electrons. The van der Waals surface area contributed by atoms with Crippen LogP contribution in [0.4, 0.5) is 4.79 Å². The molecule has 2 amide bonds. The van der Waals surface area contributed by atoms with E-state index in [4.69, 9.17) is 0 Å². The summed E-state index contributed by atoms with van der Waals surface area (Å²) < 4.78 is 0. The maximum atomic E-state index is 12.3. The summed E-state index contributed by atoms with van der Waals surface area (Å²) in [6.45, 7) is 4.47. The van der Waals surface area contributed by atoms with Crippen LogP contribution < -0.4 is 5.32 Å². The third-order valence-corrected chi connectivity index (χ3v) is 6.15. The molecule has 2 aliphatic carbocycles. The van der Waals surface area contributed by atoms with E-state index in [0.29, 0.717) is 6.54 Å². The van der Waals surface area contributed by atoms with E-state index < -0.39 is 0 Å². The second-order valence-electron chi connectivity index (χ2n) is 7.57. The molecule has 5 nitrogen and oxygen atoms in total. The smallest absolute Gasteiger partial charge is 0.317 e. The SMILES string of the molecule is O=C(NCCc1ccccn1)N1CCN([C@@H]2C[C@H]3CC[C@@H]2C3)CC1. The Morgan fingerprint density at radius 3 is 2.71 bits per heavy atom. The van der Waals surface area contributed by atoms with E-state index in [1.54, 1.807) is 6.20 Å². The van der Waals surface area contributed by atoms with Crippen LogP contribution in [0.5, 0.6) is 0 Å². The molecule has 24 heavy (non-hydrogen) atoms. The Hall–Kier alpha value is -1.62. The van der Waals surface area contributed by atoms with Gasteiger partial charge in [-0.1, -0.05) is 12.5 Å². The van der Waals surface area contributed by atoms with Crippen LogP contribution in [-0.2, 0) is 6.42 Å². The normalized spacial score (nSPS) is 29.8. The quantitative estimate of drug-likeness (QED) is 0.921. The number of nitrogens with one attached hydrogen (secondary N) is 1. The van der Waals surface area contributed by atoms with E-state index in [1.165, 1.54) is 25.7 Å². The maximum absolute atomic E-state index is 12.3. The first-order chi connectivity index (χ1) is 11.8. The van der Waals surface area contributed by atoms with Crippen molar-refractivity contribution in [2.45, 2.75) is 38.1 Å².